The number of hydrogen-bond donors (Lipinski definition) is 1. The molecule has 0 amide bonds. The van der Waals surface area contributed by atoms with E-state index < -0.39 is 0 Å². The normalized spacial score (nSPS) is 18.4. The van der Waals surface area contributed by atoms with Crippen LogP contribution in [-0.2, 0) is 0 Å². The van der Waals surface area contributed by atoms with Crippen molar-refractivity contribution in [3.63, 3.8) is 0 Å². The van der Waals surface area contributed by atoms with E-state index in [1.165, 1.54) is 30.4 Å². The molecule has 0 saturated carbocycles. The molecule has 0 fully saturated rings. The van der Waals surface area contributed by atoms with Gasteiger partial charge in [-0.3, -0.25) is 0 Å². The smallest absolute Gasteiger partial charge is 0.0258 e. The summed E-state index contributed by atoms with van der Waals surface area (Å²) in [5.74, 6) is 1.37. The summed E-state index contributed by atoms with van der Waals surface area (Å²) in [5.41, 5.74) is 4.54. The fraction of sp³-hybridized carbons (Fsp3) is 0.684. The highest BCUT2D eigenvalue weighted by atomic mass is 14.9. The fourth-order valence-electron chi connectivity index (χ4n) is 2.70. The highest BCUT2D eigenvalue weighted by Gasteiger charge is 2.16. The zero-order valence-corrected chi connectivity index (χ0v) is 14.3. The van der Waals surface area contributed by atoms with Gasteiger partial charge in [0.1, 0.15) is 0 Å². The Balaban J connectivity index is 2.62. The minimum atomic E-state index is 0.505. The predicted octanol–water partition coefficient (Wildman–Crippen LogP) is 5.26. The molecule has 0 bridgehead atoms. The van der Waals surface area contributed by atoms with E-state index in [0.717, 1.165) is 6.54 Å². The highest BCUT2D eigenvalue weighted by molar-refractivity contribution is 5.24. The minimum Gasteiger partial charge on any atom is -0.310 e. The molecule has 1 aliphatic carbocycles. The fourth-order valence-corrected chi connectivity index (χ4v) is 2.70. The molecule has 1 heteroatoms. The van der Waals surface area contributed by atoms with Crippen LogP contribution in [0.25, 0.3) is 0 Å². The third-order valence-electron chi connectivity index (χ3n) is 3.95. The monoisotopic (exact) mass is 275 g/mol. The van der Waals surface area contributed by atoms with Crippen molar-refractivity contribution in [2.24, 2.45) is 11.8 Å². The lowest BCUT2D eigenvalue weighted by molar-refractivity contribution is 0.445. The molecule has 1 rings (SSSR count). The molecule has 0 radical (unpaired) electrons. The van der Waals surface area contributed by atoms with E-state index in [1.54, 1.807) is 5.57 Å². The van der Waals surface area contributed by atoms with E-state index in [9.17, 15) is 0 Å². The van der Waals surface area contributed by atoms with E-state index in [0.29, 0.717) is 17.9 Å². The summed E-state index contributed by atoms with van der Waals surface area (Å²) in [5, 5.41) is 3.71. The van der Waals surface area contributed by atoms with Crippen molar-refractivity contribution in [2.45, 2.75) is 66.8 Å². The van der Waals surface area contributed by atoms with Crippen LogP contribution in [0.1, 0.15) is 60.8 Å². The Morgan fingerprint density at radius 1 is 1.20 bits per heavy atom. The van der Waals surface area contributed by atoms with E-state index in [1.807, 2.05) is 0 Å². The van der Waals surface area contributed by atoms with Gasteiger partial charge in [-0.1, -0.05) is 55.7 Å². The number of rotatable bonds is 7. The van der Waals surface area contributed by atoms with Crippen LogP contribution in [0.15, 0.2) is 34.9 Å². The van der Waals surface area contributed by atoms with Gasteiger partial charge in [0.25, 0.3) is 0 Å². The number of nitrogens with one attached hydrogen (secondary N) is 1. The number of allylic oxidation sites excluding steroid dienone is 5. The highest BCUT2D eigenvalue weighted by Crippen LogP contribution is 2.27. The molecule has 2 atom stereocenters. The molecule has 0 aliphatic heterocycles. The maximum Gasteiger partial charge on any atom is 0.0258 e. The molecule has 1 aliphatic rings. The molecule has 1 N–H and O–H groups in total. The van der Waals surface area contributed by atoms with Gasteiger partial charge in [-0.2, -0.15) is 0 Å². The van der Waals surface area contributed by atoms with E-state index in [4.69, 9.17) is 0 Å². The summed E-state index contributed by atoms with van der Waals surface area (Å²) in [6.45, 7) is 14.6. The third-order valence-corrected chi connectivity index (χ3v) is 3.95. The maximum atomic E-state index is 3.71. The van der Waals surface area contributed by atoms with Crippen molar-refractivity contribution in [3.05, 3.63) is 34.9 Å². The Bertz CT molecular complexity index is 381. The molecule has 0 aromatic heterocycles. The molecule has 114 valence electrons. The van der Waals surface area contributed by atoms with Crippen molar-refractivity contribution in [1.29, 1.82) is 0 Å². The second-order valence-corrected chi connectivity index (χ2v) is 7.04. The van der Waals surface area contributed by atoms with Crippen molar-refractivity contribution >= 4 is 0 Å². The molecule has 1 unspecified atom stereocenters. The molecule has 0 spiro atoms. The van der Waals surface area contributed by atoms with Crippen LogP contribution in [0.4, 0.5) is 0 Å². The zero-order valence-electron chi connectivity index (χ0n) is 14.3. The molecule has 0 aromatic rings. The molecular formula is C19H33N. The van der Waals surface area contributed by atoms with Crippen molar-refractivity contribution in [3.8, 4) is 0 Å². The van der Waals surface area contributed by atoms with Gasteiger partial charge in [-0.15, -0.1) is 0 Å². The lowest BCUT2D eigenvalue weighted by Crippen LogP contribution is -2.32. The summed E-state index contributed by atoms with van der Waals surface area (Å²) < 4.78 is 0. The molecule has 0 aromatic carbocycles. The van der Waals surface area contributed by atoms with E-state index >= 15 is 0 Å². The average Bonchev–Trinajstić information content (AvgIpc) is 2.36. The van der Waals surface area contributed by atoms with Crippen molar-refractivity contribution < 1.29 is 0 Å². The number of hydrogen-bond acceptors (Lipinski definition) is 1. The van der Waals surface area contributed by atoms with Crippen LogP contribution in [0.5, 0.6) is 0 Å². The van der Waals surface area contributed by atoms with Crippen LogP contribution in [0.3, 0.4) is 0 Å². The molecule has 20 heavy (non-hydrogen) atoms. The van der Waals surface area contributed by atoms with Crippen molar-refractivity contribution in [1.82, 2.24) is 5.32 Å². The van der Waals surface area contributed by atoms with Gasteiger partial charge in [0, 0.05) is 6.04 Å². The SMILES string of the molecule is CC(C)=CC(C[C@H](C)C1=CC=C(C)CC1)NCC(C)C. The first-order valence-corrected chi connectivity index (χ1v) is 8.13. The maximum absolute atomic E-state index is 3.71. The predicted molar refractivity (Wildman–Crippen MR) is 90.9 cm³/mol. The van der Waals surface area contributed by atoms with Crippen LogP contribution >= 0.6 is 0 Å². The standard InChI is InChI=1S/C19H33N/c1-14(2)11-19(20-13-15(3)4)12-17(6)18-9-7-16(5)8-10-18/h7,9,11,15,17,19-20H,8,10,12-13H2,1-6H3/t17-,19?/m0/s1. The van der Waals surface area contributed by atoms with Crippen LogP contribution in [0.2, 0.25) is 0 Å². The summed E-state index contributed by atoms with van der Waals surface area (Å²) >= 11 is 0. The van der Waals surface area contributed by atoms with Crippen LogP contribution in [0, 0.1) is 11.8 Å². The van der Waals surface area contributed by atoms with Crippen molar-refractivity contribution in [2.75, 3.05) is 6.54 Å². The van der Waals surface area contributed by atoms with Gasteiger partial charge >= 0.3 is 0 Å². The lowest BCUT2D eigenvalue weighted by Gasteiger charge is -2.24. The summed E-state index contributed by atoms with van der Waals surface area (Å²) in [7, 11) is 0. The van der Waals surface area contributed by atoms with Gasteiger partial charge in [-0.05, 0) is 58.4 Å². The van der Waals surface area contributed by atoms with E-state index in [-0.39, 0.29) is 0 Å². The van der Waals surface area contributed by atoms with Gasteiger partial charge < -0.3 is 5.32 Å². The molecular weight excluding hydrogens is 242 g/mol. The second kappa shape index (κ2) is 8.46. The Labute approximate surface area is 126 Å². The Kier molecular flexibility index (Phi) is 7.29. The summed E-state index contributed by atoms with van der Waals surface area (Å²) in [4.78, 5) is 0. The zero-order chi connectivity index (χ0) is 15.1. The topological polar surface area (TPSA) is 12.0 Å². The van der Waals surface area contributed by atoms with Gasteiger partial charge in [0.15, 0.2) is 0 Å². The van der Waals surface area contributed by atoms with Crippen LogP contribution in [-0.4, -0.2) is 12.6 Å². The lowest BCUT2D eigenvalue weighted by atomic mass is 9.86. The third kappa shape index (κ3) is 6.56. The molecule has 1 nitrogen and oxygen atoms in total. The van der Waals surface area contributed by atoms with Gasteiger partial charge in [-0.25, -0.2) is 0 Å². The summed E-state index contributed by atoms with van der Waals surface area (Å²) in [6.07, 6.45) is 10.7. The summed E-state index contributed by atoms with van der Waals surface area (Å²) in [6, 6.07) is 0.505. The van der Waals surface area contributed by atoms with Crippen LogP contribution < -0.4 is 5.32 Å². The first-order valence-electron chi connectivity index (χ1n) is 8.13. The average molecular weight is 275 g/mol. The largest absolute Gasteiger partial charge is 0.310 e. The first kappa shape index (κ1) is 17.2. The Morgan fingerprint density at radius 2 is 1.90 bits per heavy atom. The molecule has 0 saturated heterocycles. The Morgan fingerprint density at radius 3 is 2.40 bits per heavy atom. The van der Waals surface area contributed by atoms with Gasteiger partial charge in [0.05, 0.1) is 0 Å². The van der Waals surface area contributed by atoms with E-state index in [2.05, 4.69) is 65.1 Å². The quantitative estimate of drug-likeness (QED) is 0.625. The minimum absolute atomic E-state index is 0.505. The first-order chi connectivity index (χ1) is 9.38. The molecule has 0 heterocycles. The Hall–Kier alpha value is -0.820. The second-order valence-electron chi connectivity index (χ2n) is 7.04. The van der Waals surface area contributed by atoms with Gasteiger partial charge in [0.2, 0.25) is 0 Å².